The summed E-state index contributed by atoms with van der Waals surface area (Å²) in [6.07, 6.45) is 6.36. The lowest BCUT2D eigenvalue weighted by atomic mass is 10.2. The normalized spacial score (nSPS) is 13.8. The minimum absolute atomic E-state index is 0.0168. The van der Waals surface area contributed by atoms with Crippen molar-refractivity contribution in [2.75, 3.05) is 36.9 Å². The zero-order valence-electron chi connectivity index (χ0n) is 16.8. The maximum Gasteiger partial charge on any atom is 0.238 e. The fraction of sp³-hybridized carbons (Fsp3) is 0.304. The predicted octanol–water partition coefficient (Wildman–Crippen LogP) is 3.54. The molecule has 0 unspecified atom stereocenters. The third-order valence-electron chi connectivity index (χ3n) is 5.15. The van der Waals surface area contributed by atoms with Gasteiger partial charge in [-0.05, 0) is 56.3 Å². The smallest absolute Gasteiger partial charge is 0.238 e. The summed E-state index contributed by atoms with van der Waals surface area (Å²) in [4.78, 5) is 16.8. The van der Waals surface area contributed by atoms with Crippen molar-refractivity contribution in [3.63, 3.8) is 0 Å². The van der Waals surface area contributed by atoms with E-state index in [9.17, 15) is 4.79 Å². The van der Waals surface area contributed by atoms with Gasteiger partial charge in [0.25, 0.3) is 0 Å². The third-order valence-corrected chi connectivity index (χ3v) is 5.15. The highest BCUT2D eigenvalue weighted by atomic mass is 16.2. The van der Waals surface area contributed by atoms with E-state index >= 15 is 0 Å². The van der Waals surface area contributed by atoms with Gasteiger partial charge >= 0.3 is 0 Å². The molecule has 2 heterocycles. The van der Waals surface area contributed by atoms with Gasteiger partial charge in [-0.3, -0.25) is 9.69 Å². The Morgan fingerprint density at radius 3 is 2.48 bits per heavy atom. The van der Waals surface area contributed by atoms with Crippen molar-refractivity contribution in [3.05, 3.63) is 72.6 Å². The molecule has 0 radical (unpaired) electrons. The van der Waals surface area contributed by atoms with E-state index in [0.717, 1.165) is 30.0 Å². The fourth-order valence-corrected chi connectivity index (χ4v) is 3.71. The van der Waals surface area contributed by atoms with Gasteiger partial charge in [-0.2, -0.15) is 5.10 Å². The van der Waals surface area contributed by atoms with Crippen LogP contribution in [-0.2, 0) is 11.3 Å². The number of amides is 1. The lowest BCUT2D eigenvalue weighted by molar-refractivity contribution is -0.117. The summed E-state index contributed by atoms with van der Waals surface area (Å²) in [5, 5.41) is 7.40. The first-order valence-electron chi connectivity index (χ1n) is 10.1. The fourth-order valence-electron chi connectivity index (χ4n) is 3.71. The molecule has 2 aromatic carbocycles. The van der Waals surface area contributed by atoms with Gasteiger partial charge in [0, 0.05) is 42.8 Å². The quantitative estimate of drug-likeness (QED) is 0.672. The Hall–Kier alpha value is -3.12. The van der Waals surface area contributed by atoms with E-state index in [1.807, 2.05) is 71.5 Å². The molecule has 1 saturated heterocycles. The van der Waals surface area contributed by atoms with Crippen molar-refractivity contribution in [2.24, 2.45) is 0 Å². The van der Waals surface area contributed by atoms with Gasteiger partial charge in [0.15, 0.2) is 0 Å². The van der Waals surface area contributed by atoms with Gasteiger partial charge in [0.05, 0.1) is 18.4 Å². The summed E-state index contributed by atoms with van der Waals surface area (Å²) in [6, 6.07) is 18.1. The highest BCUT2D eigenvalue weighted by molar-refractivity contribution is 5.92. The van der Waals surface area contributed by atoms with Gasteiger partial charge in [0.2, 0.25) is 5.91 Å². The summed E-state index contributed by atoms with van der Waals surface area (Å²) >= 11 is 0. The van der Waals surface area contributed by atoms with Crippen molar-refractivity contribution in [2.45, 2.75) is 19.4 Å². The molecule has 3 aromatic rings. The first-order chi connectivity index (χ1) is 14.2. The van der Waals surface area contributed by atoms with Crippen LogP contribution in [0.15, 0.2) is 67.0 Å². The number of hydrogen-bond donors (Lipinski definition) is 1. The molecular weight excluding hydrogens is 362 g/mol. The van der Waals surface area contributed by atoms with E-state index < -0.39 is 0 Å². The minimum atomic E-state index is -0.0168. The molecule has 1 aliphatic rings. The molecule has 1 amide bonds. The van der Waals surface area contributed by atoms with E-state index in [1.54, 1.807) is 0 Å². The first-order valence-corrected chi connectivity index (χ1v) is 10.1. The molecule has 0 saturated carbocycles. The van der Waals surface area contributed by atoms with Crippen molar-refractivity contribution in [1.82, 2.24) is 14.7 Å². The van der Waals surface area contributed by atoms with Gasteiger partial charge < -0.3 is 10.2 Å². The zero-order valence-corrected chi connectivity index (χ0v) is 16.8. The maximum absolute atomic E-state index is 12.4. The van der Waals surface area contributed by atoms with Crippen LogP contribution in [0.2, 0.25) is 0 Å². The Balaban J connectivity index is 1.28. The molecule has 0 bridgehead atoms. The van der Waals surface area contributed by atoms with Gasteiger partial charge in [-0.1, -0.05) is 18.2 Å². The lowest BCUT2D eigenvalue weighted by Gasteiger charge is -2.18. The van der Waals surface area contributed by atoms with E-state index in [2.05, 4.69) is 27.4 Å². The lowest BCUT2D eigenvalue weighted by Crippen LogP contribution is -2.29. The number of para-hydroxylation sites is 1. The summed E-state index contributed by atoms with van der Waals surface area (Å²) in [5.41, 5.74) is 4.16. The van der Waals surface area contributed by atoms with E-state index in [-0.39, 0.29) is 5.91 Å². The van der Waals surface area contributed by atoms with Crippen LogP contribution in [0.5, 0.6) is 0 Å². The minimum Gasteiger partial charge on any atom is -0.372 e. The molecule has 4 rings (SSSR count). The van der Waals surface area contributed by atoms with Gasteiger partial charge in [-0.15, -0.1) is 0 Å². The largest absolute Gasteiger partial charge is 0.372 e. The summed E-state index contributed by atoms with van der Waals surface area (Å²) in [5.74, 6) is -0.0168. The van der Waals surface area contributed by atoms with Crippen LogP contribution in [0.3, 0.4) is 0 Å². The molecule has 1 aromatic heterocycles. The summed E-state index contributed by atoms with van der Waals surface area (Å²) in [7, 11) is 1.94. The molecule has 29 heavy (non-hydrogen) atoms. The van der Waals surface area contributed by atoms with Crippen molar-refractivity contribution < 1.29 is 4.79 Å². The number of nitrogens with one attached hydrogen (secondary N) is 1. The Labute approximate surface area is 171 Å². The molecule has 1 N–H and O–H groups in total. The van der Waals surface area contributed by atoms with Crippen LogP contribution in [0, 0.1) is 0 Å². The van der Waals surface area contributed by atoms with Crippen molar-refractivity contribution in [1.29, 1.82) is 0 Å². The van der Waals surface area contributed by atoms with E-state index in [4.69, 9.17) is 0 Å². The Kier molecular flexibility index (Phi) is 5.91. The van der Waals surface area contributed by atoms with Crippen LogP contribution in [-0.4, -0.2) is 47.3 Å². The average molecular weight is 390 g/mol. The molecule has 6 nitrogen and oxygen atoms in total. The molecular formula is C23H27N5O. The van der Waals surface area contributed by atoms with Crippen molar-refractivity contribution >= 4 is 17.3 Å². The molecule has 1 fully saturated rings. The highest BCUT2D eigenvalue weighted by Crippen LogP contribution is 2.22. The number of carbonyl (C=O) groups excluding carboxylic acids is 1. The summed E-state index contributed by atoms with van der Waals surface area (Å²) in [6.45, 7) is 3.23. The monoisotopic (exact) mass is 389 g/mol. The standard InChI is InChI=1S/C23H27N5O/c1-26(16-19-15-24-28(17-19)22-7-3-2-4-8-22)18-23(29)25-20-9-11-21(12-10-20)27-13-5-6-14-27/h2-4,7-12,15,17H,5-6,13-14,16,18H2,1H3,(H,25,29). The predicted molar refractivity (Wildman–Crippen MR) is 116 cm³/mol. The third kappa shape index (κ3) is 5.03. The van der Waals surface area contributed by atoms with E-state index in [1.165, 1.54) is 18.5 Å². The molecule has 0 spiro atoms. The number of rotatable bonds is 7. The molecule has 0 aliphatic carbocycles. The summed E-state index contributed by atoms with van der Waals surface area (Å²) < 4.78 is 1.85. The maximum atomic E-state index is 12.4. The van der Waals surface area contributed by atoms with Gasteiger partial charge in [-0.25, -0.2) is 4.68 Å². The second-order valence-electron chi connectivity index (χ2n) is 7.59. The first kappa shape index (κ1) is 19.2. The SMILES string of the molecule is CN(CC(=O)Nc1ccc(N2CCCC2)cc1)Cc1cnn(-c2ccccc2)c1. The van der Waals surface area contributed by atoms with E-state index in [0.29, 0.717) is 13.1 Å². The van der Waals surface area contributed by atoms with Crippen molar-refractivity contribution in [3.8, 4) is 5.69 Å². The number of anilines is 2. The number of aromatic nitrogens is 2. The van der Waals surface area contributed by atoms with Crippen LogP contribution < -0.4 is 10.2 Å². The number of likely N-dealkylation sites (N-methyl/N-ethyl adjacent to an activating group) is 1. The zero-order chi connectivity index (χ0) is 20.1. The molecule has 150 valence electrons. The molecule has 1 aliphatic heterocycles. The Bertz CT molecular complexity index is 929. The van der Waals surface area contributed by atoms with Crippen LogP contribution in [0.1, 0.15) is 18.4 Å². The topological polar surface area (TPSA) is 53.4 Å². The number of carbonyl (C=O) groups is 1. The second kappa shape index (κ2) is 8.92. The number of nitrogens with zero attached hydrogens (tertiary/aromatic N) is 4. The average Bonchev–Trinajstić information content (AvgIpc) is 3.41. The Morgan fingerprint density at radius 1 is 1.03 bits per heavy atom. The number of benzene rings is 2. The molecule has 6 heteroatoms. The second-order valence-corrected chi connectivity index (χ2v) is 7.59. The Morgan fingerprint density at radius 2 is 1.76 bits per heavy atom. The van der Waals surface area contributed by atoms with Crippen LogP contribution in [0.25, 0.3) is 5.69 Å². The highest BCUT2D eigenvalue weighted by Gasteiger charge is 2.13. The molecule has 0 atom stereocenters. The van der Waals surface area contributed by atoms with Crippen LogP contribution >= 0.6 is 0 Å². The van der Waals surface area contributed by atoms with Crippen LogP contribution in [0.4, 0.5) is 11.4 Å². The number of hydrogen-bond acceptors (Lipinski definition) is 4. The van der Waals surface area contributed by atoms with Gasteiger partial charge in [0.1, 0.15) is 0 Å².